The van der Waals surface area contributed by atoms with Gasteiger partial charge in [-0.2, -0.15) is 0 Å². The largest absolute Gasteiger partial charge is 0.384 e. The number of nitrogens with one attached hydrogen (secondary N) is 2. The molecule has 0 radical (unpaired) electrons. The van der Waals surface area contributed by atoms with E-state index in [0.717, 1.165) is 23.6 Å². The molecule has 5 heteroatoms. The van der Waals surface area contributed by atoms with E-state index in [0.29, 0.717) is 11.6 Å². The molecule has 122 valence electrons. The maximum absolute atomic E-state index is 12.2. The summed E-state index contributed by atoms with van der Waals surface area (Å²) in [4.78, 5) is 18.4. The van der Waals surface area contributed by atoms with Gasteiger partial charge in [-0.25, -0.2) is 4.98 Å². The molecule has 2 N–H and O–H groups in total. The molecule has 1 aromatic carbocycles. The van der Waals surface area contributed by atoms with Crippen molar-refractivity contribution in [3.05, 3.63) is 48.3 Å². The zero-order valence-corrected chi connectivity index (χ0v) is 14.1. The van der Waals surface area contributed by atoms with Crippen molar-refractivity contribution in [3.8, 4) is 0 Å². The van der Waals surface area contributed by atoms with E-state index in [9.17, 15) is 4.79 Å². The van der Waals surface area contributed by atoms with Crippen molar-refractivity contribution in [2.45, 2.75) is 13.8 Å². The minimum Gasteiger partial charge on any atom is -0.384 e. The van der Waals surface area contributed by atoms with Gasteiger partial charge in [0.1, 0.15) is 5.69 Å². The molecular weight excluding hydrogens is 288 g/mol. The molecule has 23 heavy (non-hydrogen) atoms. The van der Waals surface area contributed by atoms with Gasteiger partial charge >= 0.3 is 0 Å². The Kier molecular flexibility index (Phi) is 5.57. The number of aromatic nitrogens is 1. The van der Waals surface area contributed by atoms with Gasteiger partial charge < -0.3 is 15.5 Å². The van der Waals surface area contributed by atoms with Crippen molar-refractivity contribution >= 4 is 23.0 Å². The third-order valence-corrected chi connectivity index (χ3v) is 3.35. The molecule has 0 spiro atoms. The molecule has 1 aromatic heterocycles. The zero-order valence-electron chi connectivity index (χ0n) is 14.1. The fourth-order valence-corrected chi connectivity index (χ4v) is 1.99. The van der Waals surface area contributed by atoms with Gasteiger partial charge in [-0.1, -0.05) is 13.8 Å². The number of nitrogens with zero attached hydrogens (tertiary/aromatic N) is 2. The van der Waals surface area contributed by atoms with E-state index in [1.54, 1.807) is 12.3 Å². The molecule has 0 aliphatic heterocycles. The van der Waals surface area contributed by atoms with Crippen LogP contribution in [0.3, 0.4) is 0 Å². The van der Waals surface area contributed by atoms with Crippen LogP contribution in [0, 0.1) is 5.92 Å². The van der Waals surface area contributed by atoms with E-state index in [4.69, 9.17) is 0 Å². The number of carbonyl (C=O) groups is 1. The molecule has 0 aliphatic rings. The highest BCUT2D eigenvalue weighted by Gasteiger charge is 2.08. The lowest BCUT2D eigenvalue weighted by molar-refractivity contribution is 0.102. The van der Waals surface area contributed by atoms with Crippen molar-refractivity contribution in [3.63, 3.8) is 0 Å². The van der Waals surface area contributed by atoms with E-state index >= 15 is 0 Å². The fourth-order valence-electron chi connectivity index (χ4n) is 1.99. The second-order valence-electron chi connectivity index (χ2n) is 6.10. The molecule has 5 nitrogen and oxygen atoms in total. The first-order chi connectivity index (χ1) is 11.0. The lowest BCUT2D eigenvalue weighted by Crippen LogP contribution is -2.14. The molecule has 1 amide bonds. The van der Waals surface area contributed by atoms with Gasteiger partial charge in [0.2, 0.25) is 0 Å². The first kappa shape index (κ1) is 16.8. The Bertz CT molecular complexity index is 633. The summed E-state index contributed by atoms with van der Waals surface area (Å²) in [6, 6.07) is 11.3. The number of carbonyl (C=O) groups excluding carboxylic acids is 1. The average Bonchev–Trinajstić information content (AvgIpc) is 2.54. The van der Waals surface area contributed by atoms with Crippen LogP contribution in [-0.4, -0.2) is 31.5 Å². The van der Waals surface area contributed by atoms with Crippen LogP contribution >= 0.6 is 0 Å². The second-order valence-corrected chi connectivity index (χ2v) is 6.10. The van der Waals surface area contributed by atoms with Gasteiger partial charge in [0.15, 0.2) is 0 Å². The van der Waals surface area contributed by atoms with Crippen molar-refractivity contribution in [1.29, 1.82) is 0 Å². The van der Waals surface area contributed by atoms with Crippen molar-refractivity contribution in [2.75, 3.05) is 36.2 Å². The van der Waals surface area contributed by atoms with Gasteiger partial charge in [0.05, 0.1) is 11.9 Å². The Morgan fingerprint density at radius 1 is 1.09 bits per heavy atom. The van der Waals surface area contributed by atoms with Crippen molar-refractivity contribution in [2.24, 2.45) is 5.92 Å². The van der Waals surface area contributed by atoms with Gasteiger partial charge in [0.25, 0.3) is 5.91 Å². The van der Waals surface area contributed by atoms with Crippen LogP contribution in [0.5, 0.6) is 0 Å². The predicted molar refractivity (Wildman–Crippen MR) is 96.3 cm³/mol. The van der Waals surface area contributed by atoms with Crippen LogP contribution in [0.2, 0.25) is 0 Å². The normalized spacial score (nSPS) is 10.5. The number of pyridine rings is 1. The van der Waals surface area contributed by atoms with E-state index in [2.05, 4.69) is 29.5 Å². The van der Waals surface area contributed by atoms with E-state index in [1.165, 1.54) is 0 Å². The number of hydrogen-bond donors (Lipinski definition) is 2. The molecule has 0 saturated heterocycles. The molecule has 0 saturated carbocycles. The molecule has 0 atom stereocenters. The summed E-state index contributed by atoms with van der Waals surface area (Å²) in [5.41, 5.74) is 3.16. The van der Waals surface area contributed by atoms with Gasteiger partial charge in [-0.15, -0.1) is 0 Å². The number of hydrogen-bond acceptors (Lipinski definition) is 4. The Labute approximate surface area is 137 Å². The standard InChI is InChI=1S/C18H24N4O/c1-13(2)11-19-15-7-10-17(20-12-15)18(23)21-14-5-8-16(9-6-14)22(3)4/h5-10,12-13,19H,11H2,1-4H3,(H,21,23). The Hall–Kier alpha value is -2.56. The van der Waals surface area contributed by atoms with Gasteiger partial charge in [-0.05, 0) is 42.3 Å². The highest BCUT2D eigenvalue weighted by Crippen LogP contribution is 2.16. The minimum absolute atomic E-state index is 0.210. The molecule has 2 aromatic rings. The lowest BCUT2D eigenvalue weighted by Gasteiger charge is -2.13. The number of anilines is 3. The molecular formula is C18H24N4O. The summed E-state index contributed by atoms with van der Waals surface area (Å²) >= 11 is 0. The Morgan fingerprint density at radius 3 is 2.26 bits per heavy atom. The number of benzene rings is 1. The Morgan fingerprint density at radius 2 is 1.74 bits per heavy atom. The molecule has 0 fully saturated rings. The van der Waals surface area contributed by atoms with Crippen LogP contribution in [0.1, 0.15) is 24.3 Å². The number of amides is 1. The summed E-state index contributed by atoms with van der Waals surface area (Å²) in [5, 5.41) is 6.13. The average molecular weight is 312 g/mol. The maximum Gasteiger partial charge on any atom is 0.274 e. The summed E-state index contributed by atoms with van der Waals surface area (Å²) in [7, 11) is 3.96. The van der Waals surface area contributed by atoms with Crippen molar-refractivity contribution in [1.82, 2.24) is 4.98 Å². The highest BCUT2D eigenvalue weighted by molar-refractivity contribution is 6.03. The van der Waals surface area contributed by atoms with Crippen LogP contribution in [0.15, 0.2) is 42.6 Å². The van der Waals surface area contributed by atoms with Crippen LogP contribution in [0.25, 0.3) is 0 Å². The van der Waals surface area contributed by atoms with Crippen LogP contribution in [0.4, 0.5) is 17.1 Å². The van der Waals surface area contributed by atoms with Crippen LogP contribution in [-0.2, 0) is 0 Å². The van der Waals surface area contributed by atoms with E-state index in [-0.39, 0.29) is 5.91 Å². The smallest absolute Gasteiger partial charge is 0.274 e. The lowest BCUT2D eigenvalue weighted by atomic mass is 10.2. The predicted octanol–water partition coefficient (Wildman–Crippen LogP) is 3.47. The SMILES string of the molecule is CC(C)CNc1ccc(C(=O)Nc2ccc(N(C)C)cc2)nc1. The van der Waals surface area contributed by atoms with E-state index in [1.807, 2.05) is 49.3 Å². The van der Waals surface area contributed by atoms with Gasteiger partial charge in [0, 0.05) is 32.0 Å². The third-order valence-electron chi connectivity index (χ3n) is 3.35. The molecule has 0 bridgehead atoms. The summed E-state index contributed by atoms with van der Waals surface area (Å²) < 4.78 is 0. The topological polar surface area (TPSA) is 57.3 Å². The fraction of sp³-hybridized carbons (Fsp3) is 0.333. The molecule has 0 unspecified atom stereocenters. The minimum atomic E-state index is -0.210. The molecule has 2 rings (SSSR count). The number of rotatable bonds is 6. The molecule has 0 aliphatic carbocycles. The summed E-state index contributed by atoms with van der Waals surface area (Å²) in [5.74, 6) is 0.348. The second kappa shape index (κ2) is 7.63. The first-order valence-corrected chi connectivity index (χ1v) is 7.74. The monoisotopic (exact) mass is 312 g/mol. The van der Waals surface area contributed by atoms with Crippen molar-refractivity contribution < 1.29 is 4.79 Å². The third kappa shape index (κ3) is 4.98. The van der Waals surface area contributed by atoms with Gasteiger partial charge in [-0.3, -0.25) is 4.79 Å². The van der Waals surface area contributed by atoms with E-state index < -0.39 is 0 Å². The zero-order chi connectivity index (χ0) is 16.8. The first-order valence-electron chi connectivity index (χ1n) is 7.74. The quantitative estimate of drug-likeness (QED) is 0.857. The summed E-state index contributed by atoms with van der Waals surface area (Å²) in [6.45, 7) is 5.17. The molecule has 1 heterocycles. The van der Waals surface area contributed by atoms with Crippen LogP contribution < -0.4 is 15.5 Å². The Balaban J connectivity index is 1.97. The highest BCUT2D eigenvalue weighted by atomic mass is 16.1. The summed E-state index contributed by atoms with van der Waals surface area (Å²) in [6.07, 6.45) is 1.69. The maximum atomic E-state index is 12.2.